The third-order valence-electron chi connectivity index (χ3n) is 3.92. The molecule has 7 nitrogen and oxygen atoms in total. The van der Waals surface area contributed by atoms with Gasteiger partial charge in [0, 0.05) is 13.2 Å². The molecule has 0 saturated heterocycles. The summed E-state index contributed by atoms with van der Waals surface area (Å²) in [4.78, 5) is 12.4. The van der Waals surface area contributed by atoms with E-state index in [1.54, 1.807) is 24.9 Å². The van der Waals surface area contributed by atoms with E-state index >= 15 is 0 Å². The van der Waals surface area contributed by atoms with Gasteiger partial charge in [-0.05, 0) is 19.8 Å². The molecule has 1 aliphatic carbocycles. The van der Waals surface area contributed by atoms with Gasteiger partial charge in [-0.25, -0.2) is 0 Å². The largest absolute Gasteiger partial charge is 0.409 e. The number of hydrogen-bond donors (Lipinski definition) is 3. The minimum atomic E-state index is -0.744. The predicted molar refractivity (Wildman–Crippen MR) is 74.6 cm³/mol. The highest BCUT2D eigenvalue weighted by atomic mass is 16.4. The van der Waals surface area contributed by atoms with E-state index in [1.807, 2.05) is 0 Å². The van der Waals surface area contributed by atoms with Crippen LogP contribution in [0.2, 0.25) is 0 Å². The van der Waals surface area contributed by atoms with Crippen LogP contribution >= 0.6 is 0 Å². The molecule has 1 saturated carbocycles. The maximum Gasteiger partial charge on any atom is 0.255 e. The molecule has 1 aliphatic rings. The Morgan fingerprint density at radius 1 is 1.50 bits per heavy atom. The zero-order valence-electron chi connectivity index (χ0n) is 11.9. The smallest absolute Gasteiger partial charge is 0.255 e. The number of amides is 1. The molecule has 1 amide bonds. The van der Waals surface area contributed by atoms with Crippen LogP contribution in [0.5, 0.6) is 0 Å². The van der Waals surface area contributed by atoms with Gasteiger partial charge in [0.25, 0.3) is 5.91 Å². The topological polar surface area (TPSA) is 106 Å². The first-order valence-corrected chi connectivity index (χ1v) is 6.79. The van der Waals surface area contributed by atoms with Crippen molar-refractivity contribution in [3.63, 3.8) is 0 Å². The van der Waals surface area contributed by atoms with E-state index in [9.17, 15) is 4.79 Å². The molecule has 1 aromatic rings. The Labute approximate surface area is 117 Å². The first kappa shape index (κ1) is 14.4. The maximum atomic E-state index is 12.4. The SMILES string of the molecule is Cc1nn(C)cc1C(=O)NC1(/C(N)=N/O)CCCCC1. The molecular weight excluding hydrogens is 258 g/mol. The highest BCUT2D eigenvalue weighted by Crippen LogP contribution is 2.29. The second kappa shape index (κ2) is 5.52. The zero-order chi connectivity index (χ0) is 14.8. The summed E-state index contributed by atoms with van der Waals surface area (Å²) < 4.78 is 1.60. The predicted octanol–water partition coefficient (Wildman–Crippen LogP) is 0.908. The molecule has 0 aromatic carbocycles. The zero-order valence-corrected chi connectivity index (χ0v) is 11.9. The van der Waals surface area contributed by atoms with Gasteiger partial charge in [-0.2, -0.15) is 5.10 Å². The molecule has 0 unspecified atom stereocenters. The maximum absolute atomic E-state index is 12.4. The lowest BCUT2D eigenvalue weighted by Crippen LogP contribution is -2.58. The summed E-state index contributed by atoms with van der Waals surface area (Å²) in [5.74, 6) is -0.156. The van der Waals surface area contributed by atoms with Gasteiger partial charge in [-0.1, -0.05) is 24.4 Å². The number of carbonyl (C=O) groups excluding carboxylic acids is 1. The van der Waals surface area contributed by atoms with Gasteiger partial charge in [-0.15, -0.1) is 0 Å². The number of nitrogens with zero attached hydrogens (tertiary/aromatic N) is 3. The van der Waals surface area contributed by atoms with Crippen LogP contribution in [0, 0.1) is 6.92 Å². The van der Waals surface area contributed by atoms with Crippen molar-refractivity contribution < 1.29 is 10.0 Å². The summed E-state index contributed by atoms with van der Waals surface area (Å²) in [6.45, 7) is 1.78. The Morgan fingerprint density at radius 3 is 2.65 bits per heavy atom. The Morgan fingerprint density at radius 2 is 2.15 bits per heavy atom. The highest BCUT2D eigenvalue weighted by Gasteiger charge is 2.38. The second-order valence-corrected chi connectivity index (χ2v) is 5.38. The van der Waals surface area contributed by atoms with Crippen LogP contribution in [-0.2, 0) is 7.05 Å². The summed E-state index contributed by atoms with van der Waals surface area (Å²) in [6.07, 6.45) is 6.04. The van der Waals surface area contributed by atoms with Gasteiger partial charge in [-0.3, -0.25) is 9.48 Å². The van der Waals surface area contributed by atoms with Crippen molar-refractivity contribution in [1.82, 2.24) is 15.1 Å². The molecule has 0 radical (unpaired) electrons. The monoisotopic (exact) mass is 279 g/mol. The quantitative estimate of drug-likeness (QED) is 0.331. The molecule has 0 aliphatic heterocycles. The molecule has 0 bridgehead atoms. The van der Waals surface area contributed by atoms with Gasteiger partial charge >= 0.3 is 0 Å². The number of rotatable bonds is 3. The number of aromatic nitrogens is 2. The van der Waals surface area contributed by atoms with E-state index in [4.69, 9.17) is 10.9 Å². The number of amidine groups is 1. The molecule has 4 N–H and O–H groups in total. The van der Waals surface area contributed by atoms with Crippen LogP contribution in [0.4, 0.5) is 0 Å². The van der Waals surface area contributed by atoms with Crippen LogP contribution in [0.3, 0.4) is 0 Å². The average Bonchev–Trinajstić information content (AvgIpc) is 2.78. The van der Waals surface area contributed by atoms with E-state index in [0.29, 0.717) is 24.1 Å². The third-order valence-corrected chi connectivity index (χ3v) is 3.92. The van der Waals surface area contributed by atoms with E-state index < -0.39 is 5.54 Å². The fraction of sp³-hybridized carbons (Fsp3) is 0.615. The number of carbonyl (C=O) groups is 1. The molecular formula is C13H21N5O2. The Kier molecular flexibility index (Phi) is 3.96. The third kappa shape index (κ3) is 2.61. The standard InChI is InChI=1S/C13H21N5O2/c1-9-10(8-18(2)16-9)11(19)15-13(12(14)17-20)6-4-3-5-7-13/h8,20H,3-7H2,1-2H3,(H2,14,17)(H,15,19). The van der Waals surface area contributed by atoms with Crippen LogP contribution in [-0.4, -0.2) is 32.3 Å². The van der Waals surface area contributed by atoms with Gasteiger partial charge < -0.3 is 16.3 Å². The molecule has 20 heavy (non-hydrogen) atoms. The molecule has 1 fully saturated rings. The van der Waals surface area contributed by atoms with Crippen molar-refractivity contribution in [2.24, 2.45) is 17.9 Å². The van der Waals surface area contributed by atoms with Crippen molar-refractivity contribution in [2.75, 3.05) is 0 Å². The number of aryl methyl sites for hydroxylation is 2. The number of nitrogens with two attached hydrogens (primary N) is 1. The average molecular weight is 279 g/mol. The molecule has 0 spiro atoms. The molecule has 110 valence electrons. The van der Waals surface area contributed by atoms with Crippen LogP contribution in [0.15, 0.2) is 11.4 Å². The van der Waals surface area contributed by atoms with Crippen molar-refractivity contribution in [3.05, 3.63) is 17.5 Å². The van der Waals surface area contributed by atoms with Crippen LogP contribution in [0.1, 0.15) is 48.2 Å². The second-order valence-electron chi connectivity index (χ2n) is 5.38. The van der Waals surface area contributed by atoms with E-state index in [1.165, 1.54) is 0 Å². The minimum absolute atomic E-state index is 0.0760. The number of hydrogen-bond acceptors (Lipinski definition) is 4. The van der Waals surface area contributed by atoms with Crippen molar-refractivity contribution >= 4 is 11.7 Å². The first-order valence-electron chi connectivity index (χ1n) is 6.79. The van der Waals surface area contributed by atoms with Crippen molar-refractivity contribution in [3.8, 4) is 0 Å². The lowest BCUT2D eigenvalue weighted by molar-refractivity contribution is 0.0905. The lowest BCUT2D eigenvalue weighted by Gasteiger charge is -2.36. The van der Waals surface area contributed by atoms with E-state index in [0.717, 1.165) is 19.3 Å². The van der Waals surface area contributed by atoms with E-state index in [-0.39, 0.29) is 11.7 Å². The summed E-state index contributed by atoms with van der Waals surface area (Å²) in [7, 11) is 1.77. The molecule has 1 aromatic heterocycles. The normalized spacial score (nSPS) is 18.8. The number of oxime groups is 1. The molecule has 2 rings (SSSR count). The van der Waals surface area contributed by atoms with Gasteiger partial charge in [0.15, 0.2) is 5.84 Å². The van der Waals surface area contributed by atoms with E-state index in [2.05, 4.69) is 15.6 Å². The fourth-order valence-corrected chi connectivity index (χ4v) is 2.80. The minimum Gasteiger partial charge on any atom is -0.409 e. The summed E-state index contributed by atoms with van der Waals surface area (Å²) in [5, 5.41) is 19.2. The fourth-order valence-electron chi connectivity index (χ4n) is 2.80. The highest BCUT2D eigenvalue weighted by molar-refractivity contribution is 6.00. The lowest BCUT2D eigenvalue weighted by atomic mass is 9.80. The van der Waals surface area contributed by atoms with Gasteiger partial charge in [0.2, 0.25) is 0 Å². The Hall–Kier alpha value is -2.05. The summed E-state index contributed by atoms with van der Waals surface area (Å²) >= 11 is 0. The summed E-state index contributed by atoms with van der Waals surface area (Å²) in [6, 6.07) is 0. The first-order chi connectivity index (χ1) is 9.48. The van der Waals surface area contributed by atoms with Gasteiger partial charge in [0.05, 0.1) is 11.3 Å². The van der Waals surface area contributed by atoms with Crippen LogP contribution in [0.25, 0.3) is 0 Å². The van der Waals surface area contributed by atoms with Crippen molar-refractivity contribution in [1.29, 1.82) is 0 Å². The number of nitrogens with one attached hydrogen (secondary N) is 1. The Bertz CT molecular complexity index is 529. The molecule has 1 heterocycles. The van der Waals surface area contributed by atoms with Gasteiger partial charge in [0.1, 0.15) is 5.54 Å². The van der Waals surface area contributed by atoms with Crippen LogP contribution < -0.4 is 11.1 Å². The van der Waals surface area contributed by atoms with Crippen molar-refractivity contribution in [2.45, 2.75) is 44.6 Å². The Balaban J connectivity index is 2.24. The molecule has 0 atom stereocenters. The molecule has 7 heteroatoms. The summed E-state index contributed by atoms with van der Waals surface area (Å²) in [5.41, 5.74) is 6.25.